The van der Waals surface area contributed by atoms with Gasteiger partial charge in [0.2, 0.25) is 4.80 Å². The summed E-state index contributed by atoms with van der Waals surface area (Å²) >= 11 is 5.07. The van der Waals surface area contributed by atoms with Crippen molar-refractivity contribution in [1.29, 1.82) is 0 Å². The average molecular weight is 446 g/mol. The van der Waals surface area contributed by atoms with Gasteiger partial charge in [-0.3, -0.25) is 4.99 Å². The molecule has 1 aliphatic rings. The molecular formula is C20H20BrN3O2S. The Balaban J connectivity index is 1.71. The zero-order valence-corrected chi connectivity index (χ0v) is 17.4. The molecule has 1 atom stereocenters. The molecule has 2 aromatic heterocycles. The quantitative estimate of drug-likeness (QED) is 0.527. The standard InChI is InChI=1S/C20H20BrN3O2S/c1-14-4-9-18(26-14)12-23-24-19(15-5-7-16(21)8-6-15)13-27-20(24)22-11-17-3-2-10-25-17/h4-9,12-13,17H,2-3,10-11H2,1H3/b22-20?,23-12-/t17-/m1/s1. The number of halogens is 1. The molecule has 1 aliphatic heterocycles. The van der Waals surface area contributed by atoms with Crippen LogP contribution < -0.4 is 4.80 Å². The number of thiazole rings is 1. The van der Waals surface area contributed by atoms with Crippen LogP contribution in [0.2, 0.25) is 0 Å². The van der Waals surface area contributed by atoms with Gasteiger partial charge in [-0.15, -0.1) is 11.3 Å². The van der Waals surface area contributed by atoms with Crippen molar-refractivity contribution in [1.82, 2.24) is 4.68 Å². The summed E-state index contributed by atoms with van der Waals surface area (Å²) in [6.45, 7) is 3.42. The third kappa shape index (κ3) is 4.48. The van der Waals surface area contributed by atoms with Crippen LogP contribution in [0.3, 0.4) is 0 Å². The molecule has 0 saturated carbocycles. The van der Waals surface area contributed by atoms with E-state index in [4.69, 9.17) is 14.1 Å². The third-order valence-electron chi connectivity index (χ3n) is 4.34. The molecule has 27 heavy (non-hydrogen) atoms. The van der Waals surface area contributed by atoms with Gasteiger partial charge in [-0.2, -0.15) is 5.10 Å². The van der Waals surface area contributed by atoms with E-state index in [-0.39, 0.29) is 6.10 Å². The highest BCUT2D eigenvalue weighted by Crippen LogP contribution is 2.22. The molecule has 1 saturated heterocycles. The number of aromatic nitrogens is 1. The summed E-state index contributed by atoms with van der Waals surface area (Å²) in [6, 6.07) is 12.0. The second-order valence-electron chi connectivity index (χ2n) is 6.39. The fourth-order valence-electron chi connectivity index (χ4n) is 2.94. The van der Waals surface area contributed by atoms with Crippen molar-refractivity contribution in [3.63, 3.8) is 0 Å². The van der Waals surface area contributed by atoms with Gasteiger partial charge in [0.1, 0.15) is 11.5 Å². The number of furan rings is 1. The molecule has 0 aliphatic carbocycles. The molecule has 1 aromatic carbocycles. The van der Waals surface area contributed by atoms with Gasteiger partial charge < -0.3 is 9.15 Å². The van der Waals surface area contributed by atoms with Gasteiger partial charge >= 0.3 is 0 Å². The van der Waals surface area contributed by atoms with Crippen molar-refractivity contribution in [3.05, 3.63) is 62.6 Å². The summed E-state index contributed by atoms with van der Waals surface area (Å²) in [7, 11) is 0. The minimum atomic E-state index is 0.216. The van der Waals surface area contributed by atoms with E-state index in [0.29, 0.717) is 6.54 Å². The molecule has 0 spiro atoms. The first-order chi connectivity index (χ1) is 13.2. The van der Waals surface area contributed by atoms with Crippen molar-refractivity contribution in [2.24, 2.45) is 10.1 Å². The normalized spacial score (nSPS) is 18.0. The molecule has 5 nitrogen and oxygen atoms in total. The Morgan fingerprint density at radius 2 is 2.11 bits per heavy atom. The van der Waals surface area contributed by atoms with Crippen LogP contribution in [0, 0.1) is 6.92 Å². The van der Waals surface area contributed by atoms with E-state index in [1.165, 1.54) is 0 Å². The molecule has 3 aromatic rings. The molecule has 4 rings (SSSR count). The number of hydrogen-bond donors (Lipinski definition) is 0. The molecule has 0 unspecified atom stereocenters. The highest BCUT2D eigenvalue weighted by atomic mass is 79.9. The van der Waals surface area contributed by atoms with E-state index < -0.39 is 0 Å². The van der Waals surface area contributed by atoms with Gasteiger partial charge in [0, 0.05) is 22.0 Å². The maximum Gasteiger partial charge on any atom is 0.206 e. The van der Waals surface area contributed by atoms with Gasteiger partial charge in [0.05, 0.1) is 24.6 Å². The lowest BCUT2D eigenvalue weighted by atomic mass is 10.2. The van der Waals surface area contributed by atoms with Crippen molar-refractivity contribution < 1.29 is 9.15 Å². The van der Waals surface area contributed by atoms with Crippen LogP contribution in [0.4, 0.5) is 0 Å². The fourth-order valence-corrected chi connectivity index (χ4v) is 4.06. The number of hydrogen-bond acceptors (Lipinski definition) is 5. The van der Waals surface area contributed by atoms with Crippen LogP contribution in [0.15, 0.2) is 60.8 Å². The lowest BCUT2D eigenvalue weighted by molar-refractivity contribution is 0.117. The van der Waals surface area contributed by atoms with Gasteiger partial charge in [-0.1, -0.05) is 28.1 Å². The van der Waals surface area contributed by atoms with Crippen molar-refractivity contribution in [2.75, 3.05) is 13.2 Å². The number of rotatable bonds is 5. The summed E-state index contributed by atoms with van der Waals surface area (Å²) < 4.78 is 14.2. The topological polar surface area (TPSA) is 52.0 Å². The Hall–Kier alpha value is -1.96. The number of nitrogens with zero attached hydrogens (tertiary/aromatic N) is 3. The van der Waals surface area contributed by atoms with E-state index >= 15 is 0 Å². The number of aryl methyl sites for hydroxylation is 1. The first-order valence-corrected chi connectivity index (χ1v) is 10.6. The van der Waals surface area contributed by atoms with Crippen LogP contribution >= 0.6 is 27.3 Å². The van der Waals surface area contributed by atoms with Crippen LogP contribution in [-0.4, -0.2) is 30.1 Å². The predicted molar refractivity (Wildman–Crippen MR) is 111 cm³/mol. The Morgan fingerprint density at radius 1 is 1.26 bits per heavy atom. The van der Waals surface area contributed by atoms with Crippen molar-refractivity contribution in [2.45, 2.75) is 25.9 Å². The minimum absolute atomic E-state index is 0.216. The second-order valence-corrected chi connectivity index (χ2v) is 8.14. The molecule has 0 amide bonds. The lowest BCUT2D eigenvalue weighted by Gasteiger charge is -2.05. The molecule has 140 valence electrons. The Labute approximate surface area is 170 Å². The van der Waals surface area contributed by atoms with E-state index in [9.17, 15) is 0 Å². The van der Waals surface area contributed by atoms with E-state index in [1.807, 2.05) is 35.9 Å². The molecule has 0 bridgehead atoms. The Bertz CT molecular complexity index is 995. The Morgan fingerprint density at radius 3 is 2.81 bits per heavy atom. The van der Waals surface area contributed by atoms with Crippen molar-refractivity contribution >= 4 is 33.5 Å². The second kappa shape index (κ2) is 8.37. The largest absolute Gasteiger partial charge is 0.460 e. The predicted octanol–water partition coefficient (Wildman–Crippen LogP) is 4.84. The molecule has 0 N–H and O–H groups in total. The first-order valence-electron chi connectivity index (χ1n) is 8.88. The first kappa shape index (κ1) is 18.4. The molecular weight excluding hydrogens is 426 g/mol. The lowest BCUT2D eigenvalue weighted by Crippen LogP contribution is -2.17. The SMILES string of the molecule is Cc1ccc(/C=N\n2c(-c3ccc(Br)cc3)csc2=NC[C@H]2CCCO2)o1. The molecule has 7 heteroatoms. The molecule has 0 radical (unpaired) electrons. The van der Waals surface area contributed by atoms with Crippen LogP contribution in [0.1, 0.15) is 24.4 Å². The van der Waals surface area contributed by atoms with Crippen LogP contribution in [0.25, 0.3) is 11.3 Å². The van der Waals surface area contributed by atoms with Crippen molar-refractivity contribution in [3.8, 4) is 11.3 Å². The number of benzene rings is 1. The summed E-state index contributed by atoms with van der Waals surface area (Å²) in [5.41, 5.74) is 2.08. The van der Waals surface area contributed by atoms with Gasteiger partial charge in [-0.05, 0) is 44.0 Å². The summed E-state index contributed by atoms with van der Waals surface area (Å²) in [5, 5.41) is 6.74. The molecule has 1 fully saturated rings. The van der Waals surface area contributed by atoms with E-state index in [1.54, 1.807) is 17.6 Å². The average Bonchev–Trinajstić information content (AvgIpc) is 3.40. The third-order valence-corrected chi connectivity index (χ3v) is 5.72. The minimum Gasteiger partial charge on any atom is -0.460 e. The number of ether oxygens (including phenoxy) is 1. The summed E-state index contributed by atoms with van der Waals surface area (Å²) in [4.78, 5) is 5.62. The Kier molecular flexibility index (Phi) is 5.71. The zero-order valence-electron chi connectivity index (χ0n) is 15.0. The van der Waals surface area contributed by atoms with E-state index in [0.717, 1.165) is 51.5 Å². The summed E-state index contributed by atoms with van der Waals surface area (Å²) in [5.74, 6) is 1.58. The zero-order chi connectivity index (χ0) is 18.6. The maximum atomic E-state index is 5.69. The highest BCUT2D eigenvalue weighted by Gasteiger charge is 2.15. The highest BCUT2D eigenvalue weighted by molar-refractivity contribution is 9.10. The van der Waals surface area contributed by atoms with Gasteiger partial charge in [0.25, 0.3) is 0 Å². The van der Waals surface area contributed by atoms with E-state index in [2.05, 4.69) is 38.5 Å². The van der Waals surface area contributed by atoms with Gasteiger partial charge in [-0.25, -0.2) is 4.68 Å². The fraction of sp³-hybridized carbons (Fsp3) is 0.300. The van der Waals surface area contributed by atoms with Crippen LogP contribution in [0.5, 0.6) is 0 Å². The monoisotopic (exact) mass is 445 g/mol. The van der Waals surface area contributed by atoms with Gasteiger partial charge in [0.15, 0.2) is 0 Å². The summed E-state index contributed by atoms with van der Waals surface area (Å²) in [6.07, 6.45) is 4.13. The smallest absolute Gasteiger partial charge is 0.206 e. The maximum absolute atomic E-state index is 5.69. The van der Waals surface area contributed by atoms with Crippen LogP contribution in [-0.2, 0) is 4.74 Å². The molecule has 3 heterocycles.